The zero-order valence-corrected chi connectivity index (χ0v) is 12.9. The van der Waals surface area contributed by atoms with Crippen LogP contribution in [0, 0.1) is 0 Å². The van der Waals surface area contributed by atoms with Crippen molar-refractivity contribution in [2.75, 3.05) is 0 Å². The van der Waals surface area contributed by atoms with Crippen molar-refractivity contribution in [3.05, 3.63) is 35.4 Å². The van der Waals surface area contributed by atoms with Crippen molar-refractivity contribution in [2.24, 2.45) is 0 Å². The first-order valence-corrected chi connectivity index (χ1v) is 7.89. The van der Waals surface area contributed by atoms with Gasteiger partial charge in [0.15, 0.2) is 5.78 Å². The number of rotatable bonds is 9. The van der Waals surface area contributed by atoms with Gasteiger partial charge in [0.25, 0.3) is 0 Å². The molecule has 0 amide bonds. The van der Waals surface area contributed by atoms with Gasteiger partial charge in [0.05, 0.1) is 5.38 Å². The fraction of sp³-hybridized carbons (Fsp3) is 0.588. The summed E-state index contributed by atoms with van der Waals surface area (Å²) in [7, 11) is 0. The van der Waals surface area contributed by atoms with Crippen LogP contribution in [0.4, 0.5) is 0 Å². The first-order chi connectivity index (χ1) is 9.19. The average Bonchev–Trinajstić information content (AvgIpc) is 2.46. The molecule has 19 heavy (non-hydrogen) atoms. The van der Waals surface area contributed by atoms with Crippen molar-refractivity contribution in [1.29, 1.82) is 0 Å². The molecule has 0 N–H and O–H groups in total. The van der Waals surface area contributed by atoms with Gasteiger partial charge in [-0.15, -0.1) is 11.6 Å². The van der Waals surface area contributed by atoms with Crippen LogP contribution in [0.2, 0.25) is 0 Å². The standard InChI is InChI=1S/C17H25ClO/c1-3-5-6-7-8-9-14-10-12-15(13-11-14)17(19)16(18)4-2/h10-13,16H,3-9H2,1-2H3. The lowest BCUT2D eigenvalue weighted by Gasteiger charge is -2.07. The molecular formula is C17H25ClO. The van der Waals surface area contributed by atoms with Gasteiger partial charge in [0.1, 0.15) is 0 Å². The molecule has 0 aliphatic rings. The highest BCUT2D eigenvalue weighted by molar-refractivity contribution is 6.33. The van der Waals surface area contributed by atoms with Crippen LogP contribution in [0.15, 0.2) is 24.3 Å². The largest absolute Gasteiger partial charge is 0.293 e. The van der Waals surface area contributed by atoms with Crippen LogP contribution in [0.5, 0.6) is 0 Å². The zero-order chi connectivity index (χ0) is 14.1. The maximum Gasteiger partial charge on any atom is 0.180 e. The van der Waals surface area contributed by atoms with Crippen LogP contribution in [0.1, 0.15) is 68.3 Å². The number of carbonyl (C=O) groups is 1. The summed E-state index contributed by atoms with van der Waals surface area (Å²) in [4.78, 5) is 11.9. The van der Waals surface area contributed by atoms with Gasteiger partial charge in [-0.2, -0.15) is 0 Å². The van der Waals surface area contributed by atoms with E-state index in [1.165, 1.54) is 37.7 Å². The van der Waals surface area contributed by atoms with Crippen molar-refractivity contribution in [2.45, 2.75) is 64.2 Å². The summed E-state index contributed by atoms with van der Waals surface area (Å²) < 4.78 is 0. The minimum Gasteiger partial charge on any atom is -0.293 e. The van der Waals surface area contributed by atoms with Crippen LogP contribution >= 0.6 is 11.6 Å². The van der Waals surface area contributed by atoms with Crippen molar-refractivity contribution >= 4 is 17.4 Å². The third-order valence-corrected chi connectivity index (χ3v) is 3.96. The summed E-state index contributed by atoms with van der Waals surface area (Å²) in [6.45, 7) is 4.16. The second-order valence-electron chi connectivity index (χ2n) is 5.10. The molecule has 0 saturated heterocycles. The lowest BCUT2D eigenvalue weighted by molar-refractivity contribution is 0.0985. The maximum absolute atomic E-state index is 11.9. The van der Waals surface area contributed by atoms with E-state index in [2.05, 4.69) is 19.1 Å². The minimum atomic E-state index is -0.389. The lowest BCUT2D eigenvalue weighted by Crippen LogP contribution is -2.13. The van der Waals surface area contributed by atoms with E-state index in [1.54, 1.807) is 0 Å². The zero-order valence-electron chi connectivity index (χ0n) is 12.1. The molecule has 1 aromatic carbocycles. The number of benzene rings is 1. The van der Waals surface area contributed by atoms with Crippen LogP contribution in [0.3, 0.4) is 0 Å². The lowest BCUT2D eigenvalue weighted by atomic mass is 10.0. The van der Waals surface area contributed by atoms with Gasteiger partial charge < -0.3 is 0 Å². The van der Waals surface area contributed by atoms with Crippen LogP contribution < -0.4 is 0 Å². The van der Waals surface area contributed by atoms with Gasteiger partial charge >= 0.3 is 0 Å². The summed E-state index contributed by atoms with van der Waals surface area (Å²) in [5, 5.41) is -0.389. The fourth-order valence-corrected chi connectivity index (χ4v) is 2.26. The molecule has 0 heterocycles. The topological polar surface area (TPSA) is 17.1 Å². The number of Topliss-reactive ketones (excluding diaryl/α,β-unsaturated/α-hetero) is 1. The Bertz CT molecular complexity index is 369. The van der Waals surface area contributed by atoms with Gasteiger partial charge in [0, 0.05) is 5.56 Å². The number of unbranched alkanes of at least 4 members (excludes halogenated alkanes) is 4. The average molecular weight is 281 g/mol. The number of halogens is 1. The highest BCUT2D eigenvalue weighted by Gasteiger charge is 2.14. The van der Waals surface area contributed by atoms with E-state index in [-0.39, 0.29) is 11.2 Å². The molecule has 0 spiro atoms. The Morgan fingerprint density at radius 1 is 1.05 bits per heavy atom. The first kappa shape index (κ1) is 16.2. The predicted molar refractivity (Wildman–Crippen MR) is 83.2 cm³/mol. The van der Waals surface area contributed by atoms with Gasteiger partial charge in [0.2, 0.25) is 0 Å². The summed E-state index contributed by atoms with van der Waals surface area (Å²) in [5.41, 5.74) is 2.05. The number of alkyl halides is 1. The van der Waals surface area contributed by atoms with Crippen molar-refractivity contribution in [3.63, 3.8) is 0 Å². The molecule has 1 aromatic rings. The summed E-state index contributed by atoms with van der Waals surface area (Å²) in [6.07, 6.45) is 8.28. The first-order valence-electron chi connectivity index (χ1n) is 7.46. The molecule has 1 unspecified atom stereocenters. The quantitative estimate of drug-likeness (QED) is 0.336. The van der Waals surface area contributed by atoms with E-state index in [4.69, 9.17) is 11.6 Å². The molecule has 0 aliphatic heterocycles. The molecule has 1 atom stereocenters. The van der Waals surface area contributed by atoms with E-state index >= 15 is 0 Å². The molecule has 1 nitrogen and oxygen atoms in total. The molecule has 0 saturated carbocycles. The molecular weight excluding hydrogens is 256 g/mol. The van der Waals surface area contributed by atoms with Crippen molar-refractivity contribution < 1.29 is 4.79 Å². The Morgan fingerprint density at radius 2 is 1.68 bits per heavy atom. The van der Waals surface area contributed by atoms with E-state index in [1.807, 2.05) is 19.1 Å². The molecule has 0 bridgehead atoms. The molecule has 0 aliphatic carbocycles. The molecule has 2 heteroatoms. The number of aryl methyl sites for hydroxylation is 1. The molecule has 106 valence electrons. The number of hydrogen-bond donors (Lipinski definition) is 0. The molecule has 0 aromatic heterocycles. The van der Waals surface area contributed by atoms with Gasteiger partial charge in [-0.1, -0.05) is 63.8 Å². The second kappa shape index (κ2) is 9.14. The van der Waals surface area contributed by atoms with E-state index < -0.39 is 0 Å². The normalized spacial score (nSPS) is 12.4. The predicted octanol–water partition coefficient (Wildman–Crippen LogP) is 5.40. The molecule has 1 rings (SSSR count). The van der Waals surface area contributed by atoms with E-state index in [0.717, 1.165) is 12.0 Å². The highest BCUT2D eigenvalue weighted by Crippen LogP contribution is 2.14. The Kier molecular flexibility index (Phi) is 7.81. The fourth-order valence-electron chi connectivity index (χ4n) is 2.13. The Hall–Kier alpha value is -0.820. The van der Waals surface area contributed by atoms with Crippen molar-refractivity contribution in [3.8, 4) is 0 Å². The van der Waals surface area contributed by atoms with Crippen LogP contribution in [0.25, 0.3) is 0 Å². The van der Waals surface area contributed by atoms with Crippen LogP contribution in [-0.4, -0.2) is 11.2 Å². The number of hydrogen-bond acceptors (Lipinski definition) is 1. The third-order valence-electron chi connectivity index (χ3n) is 3.45. The molecule has 0 fully saturated rings. The van der Waals surface area contributed by atoms with Crippen molar-refractivity contribution in [1.82, 2.24) is 0 Å². The molecule has 0 radical (unpaired) electrons. The number of carbonyl (C=O) groups excluding carboxylic acids is 1. The monoisotopic (exact) mass is 280 g/mol. The summed E-state index contributed by atoms with van der Waals surface area (Å²) in [5.74, 6) is 0.0404. The Balaban J connectivity index is 2.41. The minimum absolute atomic E-state index is 0.0404. The van der Waals surface area contributed by atoms with E-state index in [0.29, 0.717) is 6.42 Å². The van der Waals surface area contributed by atoms with Crippen LogP contribution in [-0.2, 0) is 6.42 Å². The number of ketones is 1. The maximum atomic E-state index is 11.9. The Morgan fingerprint density at radius 3 is 2.26 bits per heavy atom. The van der Waals surface area contributed by atoms with E-state index in [9.17, 15) is 4.79 Å². The van der Waals surface area contributed by atoms with Gasteiger partial charge in [-0.25, -0.2) is 0 Å². The Labute approximate surface area is 122 Å². The highest BCUT2D eigenvalue weighted by atomic mass is 35.5. The van der Waals surface area contributed by atoms with Gasteiger partial charge in [-0.3, -0.25) is 4.79 Å². The second-order valence-corrected chi connectivity index (χ2v) is 5.63. The van der Waals surface area contributed by atoms with Gasteiger partial charge in [-0.05, 0) is 24.8 Å². The smallest absolute Gasteiger partial charge is 0.180 e. The third kappa shape index (κ3) is 5.78. The summed E-state index contributed by atoms with van der Waals surface area (Å²) >= 11 is 5.97. The SMILES string of the molecule is CCCCCCCc1ccc(C(=O)C(Cl)CC)cc1. The summed E-state index contributed by atoms with van der Waals surface area (Å²) in [6, 6.07) is 7.95.